The first-order chi connectivity index (χ1) is 9.24. The van der Waals surface area contributed by atoms with E-state index < -0.39 is 5.97 Å². The second-order valence-corrected chi connectivity index (χ2v) is 6.13. The summed E-state index contributed by atoms with van der Waals surface area (Å²) < 4.78 is 1.92. The average Bonchev–Trinajstić information content (AvgIpc) is 2.82. The highest BCUT2D eigenvalue weighted by Crippen LogP contribution is 2.25. The van der Waals surface area contributed by atoms with Gasteiger partial charge in [0.1, 0.15) is 5.82 Å². The molecular formula is C14H16N2O2S. The van der Waals surface area contributed by atoms with Crippen molar-refractivity contribution in [2.75, 3.05) is 11.5 Å². The molecule has 19 heavy (non-hydrogen) atoms. The molecule has 4 nitrogen and oxygen atoms in total. The van der Waals surface area contributed by atoms with Crippen molar-refractivity contribution in [3.63, 3.8) is 0 Å². The number of fused-ring (bicyclic) bond motifs is 1. The van der Waals surface area contributed by atoms with E-state index in [1.807, 2.05) is 28.4 Å². The van der Waals surface area contributed by atoms with E-state index in [1.165, 1.54) is 24.3 Å². The summed E-state index contributed by atoms with van der Waals surface area (Å²) in [6, 6.07) is 3.44. The summed E-state index contributed by atoms with van der Waals surface area (Å²) in [7, 11) is 0. The fraction of sp³-hybridized carbons (Fsp3) is 0.429. The van der Waals surface area contributed by atoms with Crippen molar-refractivity contribution < 1.29 is 9.90 Å². The first-order valence-corrected chi connectivity index (χ1v) is 7.66. The van der Waals surface area contributed by atoms with Gasteiger partial charge in [0.15, 0.2) is 0 Å². The van der Waals surface area contributed by atoms with Crippen LogP contribution in [0.25, 0.3) is 5.52 Å². The minimum Gasteiger partial charge on any atom is -0.478 e. The summed E-state index contributed by atoms with van der Waals surface area (Å²) >= 11 is 2.01. The van der Waals surface area contributed by atoms with E-state index in [2.05, 4.69) is 4.98 Å². The highest BCUT2D eigenvalue weighted by atomic mass is 32.2. The molecule has 1 aliphatic rings. The Morgan fingerprint density at radius 3 is 3.16 bits per heavy atom. The normalized spacial score (nSPS) is 19.7. The molecule has 0 spiro atoms. The van der Waals surface area contributed by atoms with Crippen molar-refractivity contribution in [1.82, 2.24) is 9.38 Å². The van der Waals surface area contributed by atoms with Crippen LogP contribution in [0.1, 0.15) is 29.0 Å². The number of rotatable bonds is 3. The number of carbonyl (C=O) groups is 1. The molecule has 0 bridgehead atoms. The van der Waals surface area contributed by atoms with Gasteiger partial charge in [-0.3, -0.25) is 0 Å². The molecule has 1 unspecified atom stereocenters. The summed E-state index contributed by atoms with van der Waals surface area (Å²) in [6.45, 7) is 0. The number of aromatic carboxylic acids is 1. The second kappa shape index (κ2) is 5.25. The maximum absolute atomic E-state index is 11.0. The minimum absolute atomic E-state index is 0.310. The molecule has 1 fully saturated rings. The van der Waals surface area contributed by atoms with Gasteiger partial charge in [0.25, 0.3) is 0 Å². The number of carboxylic acid groups (broad SMARTS) is 1. The van der Waals surface area contributed by atoms with E-state index in [1.54, 1.807) is 12.3 Å². The molecule has 0 aromatic carbocycles. The number of pyridine rings is 1. The van der Waals surface area contributed by atoms with Crippen molar-refractivity contribution in [3.8, 4) is 0 Å². The lowest BCUT2D eigenvalue weighted by atomic mass is 10.0. The molecule has 0 aliphatic carbocycles. The molecule has 2 aromatic heterocycles. The third-order valence-corrected chi connectivity index (χ3v) is 4.86. The summed E-state index contributed by atoms with van der Waals surface area (Å²) in [4.78, 5) is 15.5. The predicted molar refractivity (Wildman–Crippen MR) is 75.9 cm³/mol. The van der Waals surface area contributed by atoms with E-state index in [4.69, 9.17) is 5.11 Å². The molecule has 2 aromatic rings. The third-order valence-electron chi connectivity index (χ3n) is 3.58. The Labute approximate surface area is 115 Å². The van der Waals surface area contributed by atoms with Crippen LogP contribution in [0.2, 0.25) is 0 Å². The number of aromatic nitrogens is 2. The predicted octanol–water partition coefficient (Wildman–Crippen LogP) is 2.72. The molecule has 5 heteroatoms. The van der Waals surface area contributed by atoms with Gasteiger partial charge in [-0.1, -0.05) is 0 Å². The number of carboxylic acids is 1. The zero-order chi connectivity index (χ0) is 13.2. The quantitative estimate of drug-likeness (QED) is 0.936. The van der Waals surface area contributed by atoms with Gasteiger partial charge >= 0.3 is 5.97 Å². The molecule has 100 valence electrons. The van der Waals surface area contributed by atoms with Crippen LogP contribution in [0.4, 0.5) is 0 Å². The van der Waals surface area contributed by atoms with Gasteiger partial charge in [0.2, 0.25) is 0 Å². The van der Waals surface area contributed by atoms with E-state index in [0.29, 0.717) is 11.5 Å². The molecule has 1 N–H and O–H groups in total. The zero-order valence-corrected chi connectivity index (χ0v) is 11.4. The van der Waals surface area contributed by atoms with Gasteiger partial charge in [0, 0.05) is 12.6 Å². The number of hydrogen-bond donors (Lipinski definition) is 1. The van der Waals surface area contributed by atoms with Crippen LogP contribution in [0, 0.1) is 5.92 Å². The van der Waals surface area contributed by atoms with Crippen molar-refractivity contribution >= 4 is 23.2 Å². The van der Waals surface area contributed by atoms with Crippen LogP contribution in [0.5, 0.6) is 0 Å². The molecule has 0 radical (unpaired) electrons. The van der Waals surface area contributed by atoms with Gasteiger partial charge in [-0.25, -0.2) is 9.78 Å². The zero-order valence-electron chi connectivity index (χ0n) is 10.6. The van der Waals surface area contributed by atoms with Crippen LogP contribution in [0.15, 0.2) is 24.5 Å². The Kier molecular flexibility index (Phi) is 3.46. The van der Waals surface area contributed by atoms with Crippen molar-refractivity contribution in [2.45, 2.75) is 19.3 Å². The minimum atomic E-state index is -0.894. The van der Waals surface area contributed by atoms with Crippen LogP contribution in [-0.4, -0.2) is 32.0 Å². The van der Waals surface area contributed by atoms with Crippen molar-refractivity contribution in [1.29, 1.82) is 0 Å². The number of hydrogen-bond acceptors (Lipinski definition) is 3. The van der Waals surface area contributed by atoms with E-state index >= 15 is 0 Å². The molecule has 0 amide bonds. The monoisotopic (exact) mass is 276 g/mol. The molecular weight excluding hydrogens is 260 g/mol. The molecule has 1 atom stereocenters. The third kappa shape index (κ3) is 2.61. The fourth-order valence-corrected chi connectivity index (χ4v) is 3.70. The van der Waals surface area contributed by atoms with Crippen LogP contribution < -0.4 is 0 Å². The lowest BCUT2D eigenvalue weighted by molar-refractivity contribution is 0.0696. The summed E-state index contributed by atoms with van der Waals surface area (Å²) in [5.41, 5.74) is 1.27. The highest BCUT2D eigenvalue weighted by molar-refractivity contribution is 7.99. The second-order valence-electron chi connectivity index (χ2n) is 4.98. The van der Waals surface area contributed by atoms with Crippen molar-refractivity contribution in [2.24, 2.45) is 5.92 Å². The first-order valence-electron chi connectivity index (χ1n) is 6.51. The van der Waals surface area contributed by atoms with Gasteiger partial charge < -0.3 is 9.51 Å². The maximum Gasteiger partial charge on any atom is 0.337 e. The molecule has 1 aliphatic heterocycles. The van der Waals surface area contributed by atoms with Gasteiger partial charge in [-0.15, -0.1) is 0 Å². The highest BCUT2D eigenvalue weighted by Gasteiger charge is 2.17. The first kappa shape index (κ1) is 12.5. The summed E-state index contributed by atoms with van der Waals surface area (Å²) in [5.74, 6) is 3.20. The van der Waals surface area contributed by atoms with Crippen LogP contribution in [-0.2, 0) is 6.42 Å². The molecule has 1 saturated heterocycles. The van der Waals surface area contributed by atoms with E-state index in [9.17, 15) is 4.79 Å². The standard InChI is InChI=1S/C14H16N2O2S/c17-14(18)11-3-4-12-7-15-13(16(12)8-11)6-10-2-1-5-19-9-10/h3-4,7-8,10H,1-2,5-6,9H2,(H,17,18). The Morgan fingerprint density at radius 1 is 1.53 bits per heavy atom. The van der Waals surface area contributed by atoms with E-state index in [0.717, 1.165) is 17.8 Å². The molecule has 0 saturated carbocycles. The Bertz CT molecular complexity index is 603. The van der Waals surface area contributed by atoms with Gasteiger partial charge in [0.05, 0.1) is 17.3 Å². The fourth-order valence-electron chi connectivity index (χ4n) is 2.55. The Balaban J connectivity index is 1.89. The van der Waals surface area contributed by atoms with Crippen LogP contribution in [0.3, 0.4) is 0 Å². The molecule has 3 rings (SSSR count). The smallest absolute Gasteiger partial charge is 0.337 e. The number of thioether (sulfide) groups is 1. The van der Waals surface area contributed by atoms with E-state index in [-0.39, 0.29) is 0 Å². The summed E-state index contributed by atoms with van der Waals surface area (Å²) in [6.07, 6.45) is 6.96. The van der Waals surface area contributed by atoms with Gasteiger partial charge in [-0.2, -0.15) is 11.8 Å². The van der Waals surface area contributed by atoms with Gasteiger partial charge in [-0.05, 0) is 42.4 Å². The Morgan fingerprint density at radius 2 is 2.42 bits per heavy atom. The lowest BCUT2D eigenvalue weighted by Crippen LogP contribution is -2.15. The van der Waals surface area contributed by atoms with Crippen molar-refractivity contribution in [3.05, 3.63) is 35.9 Å². The lowest BCUT2D eigenvalue weighted by Gasteiger charge is -2.20. The largest absolute Gasteiger partial charge is 0.478 e. The summed E-state index contributed by atoms with van der Waals surface area (Å²) in [5, 5.41) is 9.06. The maximum atomic E-state index is 11.0. The van der Waals surface area contributed by atoms with Crippen LogP contribution >= 0.6 is 11.8 Å². The number of imidazole rings is 1. The molecule has 3 heterocycles. The average molecular weight is 276 g/mol. The number of nitrogens with zero attached hydrogens (tertiary/aromatic N) is 2. The SMILES string of the molecule is O=C(O)c1ccc2cnc(CC3CCCSC3)n2c1. The topological polar surface area (TPSA) is 54.6 Å². The Hall–Kier alpha value is -1.49.